The zero-order valence-corrected chi connectivity index (χ0v) is 14.7. The summed E-state index contributed by atoms with van der Waals surface area (Å²) in [6.45, 7) is 7.05. The Labute approximate surface area is 142 Å². The van der Waals surface area contributed by atoms with E-state index in [0.29, 0.717) is 49.2 Å². The molecule has 0 heterocycles. The number of rotatable bonds is 9. The minimum atomic E-state index is 0.100. The van der Waals surface area contributed by atoms with Gasteiger partial charge in [0.05, 0.1) is 16.6 Å². The molecule has 1 rings (SSSR count). The first-order valence-corrected chi connectivity index (χ1v) is 8.32. The van der Waals surface area contributed by atoms with Gasteiger partial charge in [0.15, 0.2) is 0 Å². The number of carbonyl (C=O) groups is 1. The standard InChI is InChI=1S/C16H24Cl2N2O2/c1-3-20(4-2)16(22)12-19(8-5-9-21)11-13-6-7-14(17)15(18)10-13/h6-7,10,21H,3-5,8-9,11-12H2,1-2H3. The van der Waals surface area contributed by atoms with Crippen molar-refractivity contribution in [3.63, 3.8) is 0 Å². The van der Waals surface area contributed by atoms with Crippen LogP contribution in [0.15, 0.2) is 18.2 Å². The fraction of sp³-hybridized carbons (Fsp3) is 0.562. The van der Waals surface area contributed by atoms with Crippen molar-refractivity contribution in [1.29, 1.82) is 0 Å². The number of hydrogen-bond donors (Lipinski definition) is 1. The van der Waals surface area contributed by atoms with Crippen LogP contribution in [0.4, 0.5) is 0 Å². The number of carbonyl (C=O) groups excluding carboxylic acids is 1. The quantitative estimate of drug-likeness (QED) is 0.747. The van der Waals surface area contributed by atoms with Gasteiger partial charge in [-0.1, -0.05) is 29.3 Å². The summed E-state index contributed by atoms with van der Waals surface area (Å²) in [6.07, 6.45) is 0.632. The van der Waals surface area contributed by atoms with Gasteiger partial charge in [0.25, 0.3) is 0 Å². The van der Waals surface area contributed by atoms with E-state index in [1.807, 2.05) is 30.9 Å². The highest BCUT2D eigenvalue weighted by Gasteiger charge is 2.15. The second kappa shape index (κ2) is 10.1. The molecule has 0 aliphatic heterocycles. The summed E-state index contributed by atoms with van der Waals surface area (Å²) in [7, 11) is 0. The monoisotopic (exact) mass is 346 g/mol. The highest BCUT2D eigenvalue weighted by Crippen LogP contribution is 2.23. The first-order chi connectivity index (χ1) is 10.5. The van der Waals surface area contributed by atoms with E-state index in [0.717, 1.165) is 5.56 Å². The van der Waals surface area contributed by atoms with Gasteiger partial charge in [0, 0.05) is 32.8 Å². The maximum Gasteiger partial charge on any atom is 0.236 e. The summed E-state index contributed by atoms with van der Waals surface area (Å²) in [5, 5.41) is 10.1. The second-order valence-electron chi connectivity index (χ2n) is 5.10. The minimum Gasteiger partial charge on any atom is -0.396 e. The Bertz CT molecular complexity index is 479. The molecular weight excluding hydrogens is 323 g/mol. The third-order valence-corrected chi connectivity index (χ3v) is 4.24. The molecular formula is C16H24Cl2N2O2. The summed E-state index contributed by atoms with van der Waals surface area (Å²) in [5.41, 5.74) is 1.000. The maximum atomic E-state index is 12.3. The van der Waals surface area contributed by atoms with Crippen molar-refractivity contribution in [3.05, 3.63) is 33.8 Å². The van der Waals surface area contributed by atoms with Crippen molar-refractivity contribution in [2.75, 3.05) is 32.8 Å². The molecule has 0 aliphatic carbocycles. The zero-order valence-electron chi connectivity index (χ0n) is 13.2. The molecule has 22 heavy (non-hydrogen) atoms. The van der Waals surface area contributed by atoms with Gasteiger partial charge in [-0.05, 0) is 38.0 Å². The maximum absolute atomic E-state index is 12.3. The third kappa shape index (κ3) is 6.13. The van der Waals surface area contributed by atoms with E-state index < -0.39 is 0 Å². The van der Waals surface area contributed by atoms with Gasteiger partial charge in [-0.3, -0.25) is 9.69 Å². The average molecular weight is 347 g/mol. The molecule has 0 aromatic heterocycles. The molecule has 1 amide bonds. The molecule has 0 unspecified atom stereocenters. The predicted octanol–water partition coefficient (Wildman–Crippen LogP) is 3.05. The summed E-state index contributed by atoms with van der Waals surface area (Å²) >= 11 is 12.0. The number of amides is 1. The Morgan fingerprint density at radius 3 is 2.41 bits per heavy atom. The van der Waals surface area contributed by atoms with Gasteiger partial charge in [-0.15, -0.1) is 0 Å². The number of hydrogen-bond acceptors (Lipinski definition) is 3. The summed E-state index contributed by atoms with van der Waals surface area (Å²) in [5.74, 6) is 0.100. The number of benzene rings is 1. The number of aliphatic hydroxyl groups excluding tert-OH is 1. The highest BCUT2D eigenvalue weighted by molar-refractivity contribution is 6.42. The Hall–Kier alpha value is -0.810. The summed E-state index contributed by atoms with van der Waals surface area (Å²) in [4.78, 5) is 16.1. The van der Waals surface area contributed by atoms with Gasteiger partial charge < -0.3 is 10.0 Å². The molecule has 1 N–H and O–H groups in total. The van der Waals surface area contributed by atoms with Crippen LogP contribution in [0.1, 0.15) is 25.8 Å². The largest absolute Gasteiger partial charge is 0.396 e. The van der Waals surface area contributed by atoms with Crippen molar-refractivity contribution < 1.29 is 9.90 Å². The first-order valence-electron chi connectivity index (χ1n) is 7.56. The molecule has 0 aliphatic rings. The zero-order chi connectivity index (χ0) is 16.5. The normalized spacial score (nSPS) is 11.0. The number of aliphatic hydroxyl groups is 1. The van der Waals surface area contributed by atoms with E-state index in [9.17, 15) is 4.79 Å². The van der Waals surface area contributed by atoms with Crippen molar-refractivity contribution >= 4 is 29.1 Å². The molecule has 1 aromatic rings. The first kappa shape index (κ1) is 19.2. The van der Waals surface area contributed by atoms with Gasteiger partial charge in [-0.25, -0.2) is 0 Å². The van der Waals surface area contributed by atoms with Gasteiger partial charge >= 0.3 is 0 Å². The van der Waals surface area contributed by atoms with Crippen molar-refractivity contribution in [1.82, 2.24) is 9.80 Å². The molecule has 6 heteroatoms. The SMILES string of the molecule is CCN(CC)C(=O)CN(CCCO)Cc1ccc(Cl)c(Cl)c1. The lowest BCUT2D eigenvalue weighted by atomic mass is 10.2. The van der Waals surface area contributed by atoms with Crippen LogP contribution >= 0.6 is 23.2 Å². The summed E-state index contributed by atoms with van der Waals surface area (Å²) in [6, 6.07) is 5.48. The van der Waals surface area contributed by atoms with Crippen LogP contribution in [0.3, 0.4) is 0 Å². The van der Waals surface area contributed by atoms with Crippen LogP contribution in [0.5, 0.6) is 0 Å². The minimum absolute atomic E-state index is 0.100. The topological polar surface area (TPSA) is 43.8 Å². The molecule has 0 radical (unpaired) electrons. The fourth-order valence-corrected chi connectivity index (χ4v) is 2.59. The van der Waals surface area contributed by atoms with Crippen molar-refractivity contribution in [3.8, 4) is 0 Å². The van der Waals surface area contributed by atoms with E-state index in [2.05, 4.69) is 0 Å². The number of halogens is 2. The molecule has 0 spiro atoms. The van der Waals surface area contributed by atoms with E-state index in [-0.39, 0.29) is 12.5 Å². The lowest BCUT2D eigenvalue weighted by Crippen LogP contribution is -2.40. The smallest absolute Gasteiger partial charge is 0.236 e. The van der Waals surface area contributed by atoms with Crippen molar-refractivity contribution in [2.24, 2.45) is 0 Å². The lowest BCUT2D eigenvalue weighted by Gasteiger charge is -2.26. The molecule has 0 fully saturated rings. The predicted molar refractivity (Wildman–Crippen MR) is 91.4 cm³/mol. The second-order valence-corrected chi connectivity index (χ2v) is 5.92. The molecule has 1 aromatic carbocycles. The fourth-order valence-electron chi connectivity index (χ4n) is 2.27. The van der Waals surface area contributed by atoms with Crippen LogP contribution < -0.4 is 0 Å². The van der Waals surface area contributed by atoms with Crippen LogP contribution in [0, 0.1) is 0 Å². The number of nitrogens with zero attached hydrogens (tertiary/aromatic N) is 2. The Balaban J connectivity index is 2.74. The van der Waals surface area contributed by atoms with E-state index in [4.69, 9.17) is 28.3 Å². The molecule has 4 nitrogen and oxygen atoms in total. The Morgan fingerprint density at radius 2 is 1.86 bits per heavy atom. The van der Waals surface area contributed by atoms with Crippen molar-refractivity contribution in [2.45, 2.75) is 26.8 Å². The van der Waals surface area contributed by atoms with Crippen LogP contribution in [0.2, 0.25) is 10.0 Å². The lowest BCUT2D eigenvalue weighted by molar-refractivity contribution is -0.132. The molecule has 0 saturated heterocycles. The van der Waals surface area contributed by atoms with Gasteiger partial charge in [0.1, 0.15) is 0 Å². The van der Waals surface area contributed by atoms with E-state index >= 15 is 0 Å². The highest BCUT2D eigenvalue weighted by atomic mass is 35.5. The van der Waals surface area contributed by atoms with Crippen LogP contribution in [0.25, 0.3) is 0 Å². The van der Waals surface area contributed by atoms with E-state index in [1.165, 1.54) is 0 Å². The molecule has 0 atom stereocenters. The molecule has 124 valence electrons. The third-order valence-electron chi connectivity index (χ3n) is 3.50. The molecule has 0 bridgehead atoms. The number of likely N-dealkylation sites (N-methyl/N-ethyl adjacent to an activating group) is 1. The van der Waals surface area contributed by atoms with Crippen LogP contribution in [-0.2, 0) is 11.3 Å². The average Bonchev–Trinajstić information content (AvgIpc) is 2.49. The van der Waals surface area contributed by atoms with E-state index in [1.54, 1.807) is 11.0 Å². The Kier molecular flexibility index (Phi) is 8.79. The van der Waals surface area contributed by atoms with Crippen LogP contribution in [-0.4, -0.2) is 53.6 Å². The van der Waals surface area contributed by atoms with Gasteiger partial charge in [0.2, 0.25) is 5.91 Å². The Morgan fingerprint density at radius 1 is 1.18 bits per heavy atom. The molecule has 0 saturated carbocycles. The summed E-state index contributed by atoms with van der Waals surface area (Å²) < 4.78 is 0. The van der Waals surface area contributed by atoms with Gasteiger partial charge in [-0.2, -0.15) is 0 Å².